The molecule has 0 radical (unpaired) electrons. The fraction of sp³-hybridized carbons (Fsp3) is 0.125. The highest BCUT2D eigenvalue weighted by atomic mass is 16.5. The number of hydrogen-bond acceptors (Lipinski definition) is 5. The van der Waals surface area contributed by atoms with Gasteiger partial charge in [-0.15, -0.1) is 5.10 Å². The monoisotopic (exact) mass is 192 g/mol. The average Bonchev–Trinajstić information content (AvgIpc) is 2.59. The molecule has 14 heavy (non-hydrogen) atoms. The van der Waals surface area contributed by atoms with E-state index in [1.165, 1.54) is 17.8 Å². The van der Waals surface area contributed by atoms with Crippen LogP contribution in [0.4, 0.5) is 0 Å². The Hall–Kier alpha value is -2.11. The van der Waals surface area contributed by atoms with Gasteiger partial charge in [-0.1, -0.05) is 0 Å². The van der Waals surface area contributed by atoms with Crippen molar-refractivity contribution in [3.63, 3.8) is 0 Å². The lowest BCUT2D eigenvalue weighted by Crippen LogP contribution is -2.22. The molecule has 6 heteroatoms. The van der Waals surface area contributed by atoms with E-state index in [4.69, 9.17) is 4.74 Å². The van der Waals surface area contributed by atoms with Gasteiger partial charge in [0.1, 0.15) is 5.69 Å². The maximum Gasteiger partial charge on any atom is 0.231 e. The Morgan fingerprint density at radius 1 is 1.57 bits per heavy atom. The number of carbonyl (C=O) groups is 1. The van der Waals surface area contributed by atoms with Crippen LogP contribution in [0.2, 0.25) is 0 Å². The maximum absolute atomic E-state index is 10.5. The van der Waals surface area contributed by atoms with Crippen molar-refractivity contribution in [3.8, 4) is 5.88 Å². The van der Waals surface area contributed by atoms with Crippen LogP contribution in [0.3, 0.4) is 0 Å². The highest BCUT2D eigenvalue weighted by Crippen LogP contribution is 2.08. The molecule has 0 N–H and O–H groups in total. The Labute approximate surface area is 78.8 Å². The van der Waals surface area contributed by atoms with Crippen molar-refractivity contribution in [3.05, 3.63) is 24.0 Å². The Morgan fingerprint density at radius 3 is 3.00 bits per heavy atom. The minimum atomic E-state index is -1.32. The summed E-state index contributed by atoms with van der Waals surface area (Å²) in [6, 6.07) is 3.21. The standard InChI is InChI=1S/C8H7N3O3/c1-14-7-3-2-6-9-5(8(12)13)4-11(6)10-7/h2-4H,1H3,(H,12,13)/p-1. The van der Waals surface area contributed by atoms with Crippen molar-refractivity contribution >= 4 is 11.6 Å². The summed E-state index contributed by atoms with van der Waals surface area (Å²) in [7, 11) is 1.48. The lowest BCUT2D eigenvalue weighted by Gasteiger charge is -1.96. The summed E-state index contributed by atoms with van der Waals surface area (Å²) in [5.41, 5.74) is 0.288. The molecule has 0 unspecified atom stereocenters. The second-order valence-electron chi connectivity index (χ2n) is 2.59. The van der Waals surface area contributed by atoms with Crippen molar-refractivity contribution in [2.45, 2.75) is 0 Å². The van der Waals surface area contributed by atoms with E-state index in [1.807, 2.05) is 0 Å². The summed E-state index contributed by atoms with van der Waals surface area (Å²) in [4.78, 5) is 14.2. The number of fused-ring (bicyclic) bond motifs is 1. The molecule has 0 aliphatic carbocycles. The van der Waals surface area contributed by atoms with Gasteiger partial charge in [0.15, 0.2) is 5.65 Å². The number of carboxylic acid groups (broad SMARTS) is 1. The first kappa shape index (κ1) is 8.49. The fourth-order valence-electron chi connectivity index (χ4n) is 1.07. The number of imidazole rings is 1. The third-order valence-electron chi connectivity index (χ3n) is 1.71. The van der Waals surface area contributed by atoms with E-state index >= 15 is 0 Å². The number of rotatable bonds is 2. The van der Waals surface area contributed by atoms with E-state index in [9.17, 15) is 9.90 Å². The number of carbonyl (C=O) groups excluding carboxylic acids is 1. The van der Waals surface area contributed by atoms with Gasteiger partial charge in [0.2, 0.25) is 5.88 Å². The third kappa shape index (κ3) is 1.26. The van der Waals surface area contributed by atoms with Gasteiger partial charge in [-0.25, -0.2) is 9.50 Å². The van der Waals surface area contributed by atoms with Crippen molar-refractivity contribution in [1.29, 1.82) is 0 Å². The predicted molar refractivity (Wildman–Crippen MR) is 43.9 cm³/mol. The lowest BCUT2D eigenvalue weighted by atomic mass is 10.5. The second-order valence-corrected chi connectivity index (χ2v) is 2.59. The minimum Gasteiger partial charge on any atom is -0.543 e. The Kier molecular flexibility index (Phi) is 1.81. The van der Waals surface area contributed by atoms with E-state index < -0.39 is 5.97 Å². The second kappa shape index (κ2) is 2.99. The minimum absolute atomic E-state index is 0.147. The summed E-state index contributed by atoms with van der Waals surface area (Å²) in [5.74, 6) is -0.936. The van der Waals surface area contributed by atoms with Gasteiger partial charge in [-0.2, -0.15) is 0 Å². The highest BCUT2D eigenvalue weighted by Gasteiger charge is 2.03. The molecule has 0 fully saturated rings. The topological polar surface area (TPSA) is 79.5 Å². The quantitative estimate of drug-likeness (QED) is 0.616. The zero-order chi connectivity index (χ0) is 10.1. The van der Waals surface area contributed by atoms with Crippen molar-refractivity contribution < 1.29 is 14.6 Å². The zero-order valence-corrected chi connectivity index (χ0v) is 7.30. The Morgan fingerprint density at radius 2 is 2.36 bits per heavy atom. The summed E-state index contributed by atoms with van der Waals surface area (Å²) >= 11 is 0. The molecule has 2 aromatic heterocycles. The number of aromatic carboxylic acids is 1. The molecule has 0 aliphatic heterocycles. The third-order valence-corrected chi connectivity index (χ3v) is 1.71. The molecule has 6 nitrogen and oxygen atoms in total. The number of methoxy groups -OCH3 is 1. The first-order chi connectivity index (χ1) is 6.70. The molecule has 0 aliphatic rings. The summed E-state index contributed by atoms with van der Waals surface area (Å²) < 4.78 is 6.19. The lowest BCUT2D eigenvalue weighted by molar-refractivity contribution is -0.255. The van der Waals surface area contributed by atoms with Crippen LogP contribution in [0.1, 0.15) is 10.5 Å². The highest BCUT2D eigenvalue weighted by molar-refractivity contribution is 5.84. The van der Waals surface area contributed by atoms with Gasteiger partial charge in [-0.3, -0.25) is 0 Å². The molecular formula is C8H6N3O3-. The van der Waals surface area contributed by atoms with Crippen LogP contribution in [0, 0.1) is 0 Å². The van der Waals surface area contributed by atoms with Gasteiger partial charge < -0.3 is 14.6 Å². The van der Waals surface area contributed by atoms with Gasteiger partial charge in [-0.05, 0) is 6.07 Å². The van der Waals surface area contributed by atoms with E-state index in [2.05, 4.69) is 10.1 Å². The van der Waals surface area contributed by atoms with Crippen LogP contribution in [-0.2, 0) is 0 Å². The van der Waals surface area contributed by atoms with E-state index in [0.29, 0.717) is 11.5 Å². The number of ether oxygens (including phenoxy) is 1. The molecule has 2 rings (SSSR count). The van der Waals surface area contributed by atoms with E-state index in [0.717, 1.165) is 0 Å². The fourth-order valence-corrected chi connectivity index (χ4v) is 1.07. The smallest absolute Gasteiger partial charge is 0.231 e. The molecule has 0 aromatic carbocycles. The summed E-state index contributed by atoms with van der Waals surface area (Å²) in [6.45, 7) is 0. The normalized spacial score (nSPS) is 10.4. The van der Waals surface area contributed by atoms with Crippen LogP contribution in [-0.4, -0.2) is 27.7 Å². The molecule has 0 spiro atoms. The molecule has 72 valence electrons. The molecule has 0 atom stereocenters. The summed E-state index contributed by atoms with van der Waals surface area (Å²) in [6.07, 6.45) is 1.27. The molecule has 0 amide bonds. The maximum atomic E-state index is 10.5. The van der Waals surface area contributed by atoms with Crippen LogP contribution in [0.25, 0.3) is 5.65 Å². The van der Waals surface area contributed by atoms with Crippen LogP contribution in [0.5, 0.6) is 5.88 Å². The molecule has 2 heterocycles. The van der Waals surface area contributed by atoms with Crippen molar-refractivity contribution in [2.75, 3.05) is 7.11 Å². The van der Waals surface area contributed by atoms with E-state index in [1.54, 1.807) is 12.1 Å². The molecular weight excluding hydrogens is 186 g/mol. The first-order valence-corrected chi connectivity index (χ1v) is 3.82. The van der Waals surface area contributed by atoms with Gasteiger partial charge in [0, 0.05) is 6.07 Å². The van der Waals surface area contributed by atoms with Gasteiger partial charge in [0.25, 0.3) is 0 Å². The Balaban J connectivity index is 2.60. The largest absolute Gasteiger partial charge is 0.543 e. The number of hydrogen-bond donors (Lipinski definition) is 0. The zero-order valence-electron chi connectivity index (χ0n) is 7.30. The number of nitrogens with zero attached hydrogens (tertiary/aromatic N) is 3. The van der Waals surface area contributed by atoms with Gasteiger partial charge >= 0.3 is 0 Å². The van der Waals surface area contributed by atoms with Crippen molar-refractivity contribution in [2.24, 2.45) is 0 Å². The molecule has 0 saturated heterocycles. The predicted octanol–water partition coefficient (Wildman–Crippen LogP) is -0.899. The number of carboxylic acids is 1. The average molecular weight is 192 g/mol. The summed E-state index contributed by atoms with van der Waals surface area (Å²) in [5, 5.41) is 14.4. The van der Waals surface area contributed by atoms with Crippen LogP contribution >= 0.6 is 0 Å². The van der Waals surface area contributed by atoms with Crippen LogP contribution < -0.4 is 9.84 Å². The van der Waals surface area contributed by atoms with E-state index in [-0.39, 0.29) is 5.69 Å². The van der Waals surface area contributed by atoms with Gasteiger partial charge in [0.05, 0.1) is 19.3 Å². The Bertz CT molecular complexity index is 492. The molecule has 2 aromatic rings. The van der Waals surface area contributed by atoms with Crippen LogP contribution in [0.15, 0.2) is 18.3 Å². The number of aromatic nitrogens is 3. The molecule has 0 bridgehead atoms. The first-order valence-electron chi connectivity index (χ1n) is 3.82. The SMILES string of the molecule is COc1ccc2nc(C(=O)[O-])cn2n1. The van der Waals surface area contributed by atoms with Crippen molar-refractivity contribution in [1.82, 2.24) is 14.6 Å². The molecule has 0 saturated carbocycles.